The predicted molar refractivity (Wildman–Crippen MR) is 71.6 cm³/mol. The van der Waals surface area contributed by atoms with Crippen LogP contribution in [0.1, 0.15) is 51.1 Å². The van der Waals surface area contributed by atoms with Crippen LogP contribution in [0.15, 0.2) is 18.2 Å². The van der Waals surface area contributed by atoms with E-state index in [1.54, 1.807) is 0 Å². The van der Waals surface area contributed by atoms with Crippen molar-refractivity contribution in [2.24, 2.45) is 5.73 Å². The Morgan fingerprint density at radius 1 is 1.47 bits per heavy atom. The average Bonchev–Trinajstić information content (AvgIpc) is 2.31. The molecule has 1 aromatic rings. The van der Waals surface area contributed by atoms with E-state index in [0.717, 1.165) is 42.0 Å². The van der Waals surface area contributed by atoms with Gasteiger partial charge in [0.1, 0.15) is 11.4 Å². The molecule has 3 heteroatoms. The number of hydrogen-bond acceptors (Lipinski definition) is 2. The van der Waals surface area contributed by atoms with Gasteiger partial charge in [0.2, 0.25) is 0 Å². The van der Waals surface area contributed by atoms with Gasteiger partial charge in [-0.25, -0.2) is 0 Å². The number of fused-ring (bicyclic) bond motifs is 1. The van der Waals surface area contributed by atoms with E-state index in [9.17, 15) is 0 Å². The van der Waals surface area contributed by atoms with Gasteiger partial charge in [-0.2, -0.15) is 0 Å². The normalized spacial score (nSPS) is 27.4. The fourth-order valence-electron chi connectivity index (χ4n) is 2.69. The molecule has 2 nitrogen and oxygen atoms in total. The van der Waals surface area contributed by atoms with Crippen molar-refractivity contribution in [1.29, 1.82) is 0 Å². The lowest BCUT2D eigenvalue weighted by Gasteiger charge is -2.41. The van der Waals surface area contributed by atoms with Gasteiger partial charge in [0, 0.05) is 23.0 Å². The maximum atomic E-state index is 6.26. The first kappa shape index (κ1) is 12.7. The Kier molecular flexibility index (Phi) is 3.64. The van der Waals surface area contributed by atoms with Gasteiger partial charge in [-0.15, -0.1) is 0 Å². The second kappa shape index (κ2) is 4.87. The van der Waals surface area contributed by atoms with Gasteiger partial charge < -0.3 is 10.5 Å². The molecule has 1 heterocycles. The van der Waals surface area contributed by atoms with E-state index in [1.807, 2.05) is 18.2 Å². The first-order valence-corrected chi connectivity index (χ1v) is 6.72. The Labute approximate surface area is 108 Å². The zero-order valence-electron chi connectivity index (χ0n) is 10.5. The van der Waals surface area contributed by atoms with Gasteiger partial charge in [-0.3, -0.25) is 0 Å². The molecule has 0 saturated heterocycles. The average molecular weight is 254 g/mol. The van der Waals surface area contributed by atoms with Crippen molar-refractivity contribution in [3.8, 4) is 5.75 Å². The monoisotopic (exact) mass is 253 g/mol. The summed E-state index contributed by atoms with van der Waals surface area (Å²) in [6, 6.07) is 5.76. The number of nitrogens with two attached hydrogens (primary N) is 1. The van der Waals surface area contributed by atoms with Crippen molar-refractivity contribution in [3.63, 3.8) is 0 Å². The lowest BCUT2D eigenvalue weighted by Crippen LogP contribution is -2.42. The molecule has 17 heavy (non-hydrogen) atoms. The molecule has 1 aliphatic heterocycles. The smallest absolute Gasteiger partial charge is 0.125 e. The molecule has 2 atom stereocenters. The number of ether oxygens (including phenoxy) is 1. The second-order valence-electron chi connectivity index (χ2n) is 4.88. The number of halogens is 1. The minimum atomic E-state index is -0.0883. The Hall–Kier alpha value is -0.730. The van der Waals surface area contributed by atoms with Gasteiger partial charge in [-0.1, -0.05) is 31.9 Å². The fraction of sp³-hybridized carbons (Fsp3) is 0.571. The standard InChI is InChI=1S/C14H20ClNO/c1-3-7-14(4-2)9-12(16)11-8-10(15)5-6-13(11)17-14/h5-6,8,12H,3-4,7,9,16H2,1-2H3/t12-,14?/m0/s1. The van der Waals surface area contributed by atoms with Crippen LogP contribution in [-0.4, -0.2) is 5.60 Å². The SMILES string of the molecule is CCCC1(CC)C[C@H](N)c2cc(Cl)ccc2O1. The zero-order valence-corrected chi connectivity index (χ0v) is 11.3. The van der Waals surface area contributed by atoms with E-state index in [2.05, 4.69) is 13.8 Å². The van der Waals surface area contributed by atoms with Crippen LogP contribution in [-0.2, 0) is 0 Å². The highest BCUT2D eigenvalue weighted by molar-refractivity contribution is 6.30. The van der Waals surface area contributed by atoms with Crippen LogP contribution in [0.5, 0.6) is 5.75 Å². The van der Waals surface area contributed by atoms with Crippen LogP contribution in [0.4, 0.5) is 0 Å². The summed E-state index contributed by atoms with van der Waals surface area (Å²) >= 11 is 6.00. The minimum absolute atomic E-state index is 0.0314. The molecule has 2 rings (SSSR count). The summed E-state index contributed by atoms with van der Waals surface area (Å²) in [5.41, 5.74) is 7.21. The summed E-state index contributed by atoms with van der Waals surface area (Å²) in [6.45, 7) is 4.35. The van der Waals surface area contributed by atoms with Crippen molar-refractivity contribution < 1.29 is 4.74 Å². The van der Waals surface area contributed by atoms with Crippen molar-refractivity contribution in [2.45, 2.75) is 51.2 Å². The fourth-order valence-corrected chi connectivity index (χ4v) is 2.87. The van der Waals surface area contributed by atoms with E-state index in [0.29, 0.717) is 0 Å². The predicted octanol–water partition coefficient (Wildman–Crippen LogP) is 4.07. The van der Waals surface area contributed by atoms with Gasteiger partial charge >= 0.3 is 0 Å². The second-order valence-corrected chi connectivity index (χ2v) is 5.32. The molecule has 1 unspecified atom stereocenters. The summed E-state index contributed by atoms with van der Waals surface area (Å²) in [4.78, 5) is 0. The summed E-state index contributed by atoms with van der Waals surface area (Å²) in [7, 11) is 0. The number of benzene rings is 1. The van der Waals surface area contributed by atoms with E-state index < -0.39 is 0 Å². The van der Waals surface area contributed by atoms with Gasteiger partial charge in [0.25, 0.3) is 0 Å². The molecule has 0 bridgehead atoms. The summed E-state index contributed by atoms with van der Waals surface area (Å²) in [5.74, 6) is 0.906. The molecule has 0 amide bonds. The van der Waals surface area contributed by atoms with Crippen molar-refractivity contribution in [1.82, 2.24) is 0 Å². The highest BCUT2D eigenvalue weighted by Crippen LogP contribution is 2.42. The first-order chi connectivity index (χ1) is 8.10. The van der Waals surface area contributed by atoms with Crippen molar-refractivity contribution in [2.75, 3.05) is 0 Å². The van der Waals surface area contributed by atoms with Crippen molar-refractivity contribution in [3.05, 3.63) is 28.8 Å². The topological polar surface area (TPSA) is 35.2 Å². The molecule has 1 aliphatic rings. The molecule has 0 saturated carbocycles. The number of rotatable bonds is 3. The quantitative estimate of drug-likeness (QED) is 0.881. The third kappa shape index (κ3) is 2.43. The maximum absolute atomic E-state index is 6.26. The molecule has 0 aromatic heterocycles. The molecule has 94 valence electrons. The van der Waals surface area contributed by atoms with Crippen LogP contribution in [0.25, 0.3) is 0 Å². The highest BCUT2D eigenvalue weighted by Gasteiger charge is 2.37. The highest BCUT2D eigenvalue weighted by atomic mass is 35.5. The molecular formula is C14H20ClNO. The van der Waals surface area contributed by atoms with Crippen LogP contribution in [0, 0.1) is 0 Å². The lowest BCUT2D eigenvalue weighted by atomic mass is 9.83. The van der Waals surface area contributed by atoms with Crippen LogP contribution in [0.2, 0.25) is 5.02 Å². The Morgan fingerprint density at radius 2 is 2.24 bits per heavy atom. The Bertz CT molecular complexity index is 407. The lowest BCUT2D eigenvalue weighted by molar-refractivity contribution is 0.0230. The molecule has 0 radical (unpaired) electrons. The van der Waals surface area contributed by atoms with Crippen LogP contribution >= 0.6 is 11.6 Å². The Morgan fingerprint density at radius 3 is 2.88 bits per heavy atom. The maximum Gasteiger partial charge on any atom is 0.125 e. The van der Waals surface area contributed by atoms with Crippen LogP contribution in [0.3, 0.4) is 0 Å². The number of hydrogen-bond donors (Lipinski definition) is 1. The molecular weight excluding hydrogens is 234 g/mol. The zero-order chi connectivity index (χ0) is 12.5. The van der Waals surface area contributed by atoms with Crippen molar-refractivity contribution >= 4 is 11.6 Å². The van der Waals surface area contributed by atoms with Crippen LogP contribution < -0.4 is 10.5 Å². The first-order valence-electron chi connectivity index (χ1n) is 6.34. The third-order valence-electron chi connectivity index (χ3n) is 3.64. The molecule has 0 spiro atoms. The summed E-state index contributed by atoms with van der Waals surface area (Å²) in [5, 5.41) is 0.724. The van der Waals surface area contributed by atoms with Gasteiger partial charge in [0.05, 0.1) is 0 Å². The molecule has 0 fully saturated rings. The van der Waals surface area contributed by atoms with Gasteiger partial charge in [0.15, 0.2) is 0 Å². The van der Waals surface area contributed by atoms with Gasteiger partial charge in [-0.05, 0) is 31.0 Å². The Balaban J connectivity index is 2.35. The molecule has 0 aliphatic carbocycles. The third-order valence-corrected chi connectivity index (χ3v) is 3.87. The van der Waals surface area contributed by atoms with E-state index in [4.69, 9.17) is 22.1 Å². The van der Waals surface area contributed by atoms with E-state index >= 15 is 0 Å². The largest absolute Gasteiger partial charge is 0.487 e. The minimum Gasteiger partial charge on any atom is -0.487 e. The van der Waals surface area contributed by atoms with E-state index in [1.165, 1.54) is 0 Å². The van der Waals surface area contributed by atoms with E-state index in [-0.39, 0.29) is 11.6 Å². The molecule has 2 N–H and O–H groups in total. The molecule has 1 aromatic carbocycles. The summed E-state index contributed by atoms with van der Waals surface area (Å²) in [6.07, 6.45) is 4.05. The summed E-state index contributed by atoms with van der Waals surface area (Å²) < 4.78 is 6.20.